The topological polar surface area (TPSA) is 84.2 Å². The van der Waals surface area contributed by atoms with Gasteiger partial charge in [-0.2, -0.15) is 5.10 Å². The van der Waals surface area contributed by atoms with Gasteiger partial charge in [-0.1, -0.05) is 36.4 Å². The number of carbonyl (C=O) groups excluding carboxylic acids is 1. The van der Waals surface area contributed by atoms with Gasteiger partial charge in [0.2, 0.25) is 5.91 Å². The van der Waals surface area contributed by atoms with E-state index < -0.39 is 17.8 Å². The van der Waals surface area contributed by atoms with Crippen LogP contribution in [0.4, 0.5) is 5.82 Å². The molecule has 0 spiro atoms. The molecule has 0 saturated heterocycles. The molecule has 0 aliphatic heterocycles. The van der Waals surface area contributed by atoms with Crippen LogP contribution in [0.1, 0.15) is 17.5 Å². The van der Waals surface area contributed by atoms with E-state index in [-0.39, 0.29) is 17.7 Å². The molecule has 1 fully saturated rings. The number of anilines is 1. The van der Waals surface area contributed by atoms with Crippen LogP contribution < -0.4 is 5.32 Å². The molecule has 1 aromatic heterocycles. The molecule has 26 heavy (non-hydrogen) atoms. The van der Waals surface area contributed by atoms with Crippen molar-refractivity contribution in [3.63, 3.8) is 0 Å². The fourth-order valence-corrected chi connectivity index (χ4v) is 4.20. The highest BCUT2D eigenvalue weighted by Gasteiger charge is 2.51. The predicted molar refractivity (Wildman–Crippen MR) is 96.5 cm³/mol. The maximum Gasteiger partial charge on any atom is 0.307 e. The molecule has 4 unspecified atom stereocenters. The summed E-state index contributed by atoms with van der Waals surface area (Å²) in [4.78, 5) is 24.2. The zero-order valence-corrected chi connectivity index (χ0v) is 14.5. The van der Waals surface area contributed by atoms with Gasteiger partial charge >= 0.3 is 5.97 Å². The van der Waals surface area contributed by atoms with Crippen molar-refractivity contribution in [3.05, 3.63) is 59.8 Å². The van der Waals surface area contributed by atoms with Gasteiger partial charge in [0.15, 0.2) is 5.82 Å². The molecule has 2 N–H and O–H groups in total. The van der Waals surface area contributed by atoms with Crippen molar-refractivity contribution in [2.24, 2.45) is 23.7 Å². The Morgan fingerprint density at radius 2 is 1.92 bits per heavy atom. The maximum atomic E-state index is 12.7. The number of benzene rings is 1. The van der Waals surface area contributed by atoms with E-state index in [0.29, 0.717) is 12.4 Å². The second-order valence-corrected chi connectivity index (χ2v) is 7.15. The van der Waals surface area contributed by atoms with Crippen molar-refractivity contribution in [1.29, 1.82) is 0 Å². The first kappa shape index (κ1) is 16.6. The summed E-state index contributed by atoms with van der Waals surface area (Å²) in [5.41, 5.74) is 2.35. The van der Waals surface area contributed by atoms with E-state index in [1.807, 2.05) is 36.5 Å². The number of hydrogen-bond acceptors (Lipinski definition) is 3. The standard InChI is InChI=1S/C20H21N3O3/c1-12-4-2-3-5-15(12)11-23-9-8-16(22-23)21-19(24)17-13-6-7-14(10-13)18(17)20(25)26/h2-9,13-14,17-18H,10-11H2,1H3,(H,25,26)(H,21,22,24). The van der Waals surface area contributed by atoms with Crippen molar-refractivity contribution in [3.8, 4) is 0 Å². The number of nitrogens with zero attached hydrogens (tertiary/aromatic N) is 2. The third-order valence-corrected chi connectivity index (χ3v) is 5.53. The van der Waals surface area contributed by atoms with Crippen LogP contribution in [0.25, 0.3) is 0 Å². The first-order valence-electron chi connectivity index (χ1n) is 8.83. The lowest BCUT2D eigenvalue weighted by Crippen LogP contribution is -2.36. The normalized spacial score (nSPS) is 26.2. The molecular formula is C20H21N3O3. The van der Waals surface area contributed by atoms with E-state index in [4.69, 9.17) is 0 Å². The van der Waals surface area contributed by atoms with Gasteiger partial charge in [0.1, 0.15) is 0 Å². The van der Waals surface area contributed by atoms with E-state index in [2.05, 4.69) is 23.4 Å². The molecule has 1 amide bonds. The largest absolute Gasteiger partial charge is 0.481 e. The number of aryl methyl sites for hydroxylation is 1. The third kappa shape index (κ3) is 2.92. The van der Waals surface area contributed by atoms with Gasteiger partial charge in [-0.15, -0.1) is 0 Å². The second-order valence-electron chi connectivity index (χ2n) is 7.15. The first-order valence-corrected chi connectivity index (χ1v) is 8.83. The molecule has 6 heteroatoms. The summed E-state index contributed by atoms with van der Waals surface area (Å²) in [7, 11) is 0. The van der Waals surface area contributed by atoms with Crippen molar-refractivity contribution in [2.45, 2.75) is 19.9 Å². The van der Waals surface area contributed by atoms with Crippen LogP contribution in [0, 0.1) is 30.6 Å². The highest BCUT2D eigenvalue weighted by molar-refractivity contribution is 5.95. The van der Waals surface area contributed by atoms with Gasteiger partial charge < -0.3 is 10.4 Å². The predicted octanol–water partition coefficient (Wildman–Crippen LogP) is 2.70. The minimum atomic E-state index is -0.896. The number of carbonyl (C=O) groups is 2. The van der Waals surface area contributed by atoms with Gasteiger partial charge in [0.05, 0.1) is 18.4 Å². The Balaban J connectivity index is 1.46. The molecule has 1 heterocycles. The Morgan fingerprint density at radius 1 is 1.19 bits per heavy atom. The average Bonchev–Trinajstić information content (AvgIpc) is 3.32. The molecule has 2 bridgehead atoms. The fourth-order valence-electron chi connectivity index (χ4n) is 4.20. The molecule has 2 aromatic rings. The van der Waals surface area contributed by atoms with E-state index in [9.17, 15) is 14.7 Å². The number of aliphatic carboxylic acids is 1. The van der Waals surface area contributed by atoms with Crippen molar-refractivity contribution < 1.29 is 14.7 Å². The molecule has 0 radical (unpaired) electrons. The lowest BCUT2D eigenvalue weighted by molar-refractivity contribution is -0.146. The van der Waals surface area contributed by atoms with Crippen molar-refractivity contribution >= 4 is 17.7 Å². The van der Waals surface area contributed by atoms with Crippen LogP contribution in [0.3, 0.4) is 0 Å². The summed E-state index contributed by atoms with van der Waals surface area (Å²) in [5.74, 6) is -1.88. The van der Waals surface area contributed by atoms with Crippen molar-refractivity contribution in [1.82, 2.24) is 9.78 Å². The number of carboxylic acid groups (broad SMARTS) is 1. The van der Waals surface area contributed by atoms with Crippen LogP contribution in [0.5, 0.6) is 0 Å². The van der Waals surface area contributed by atoms with Gasteiger partial charge in [0, 0.05) is 12.3 Å². The number of rotatable bonds is 5. The number of amides is 1. The highest BCUT2D eigenvalue weighted by atomic mass is 16.4. The Kier molecular flexibility index (Phi) is 4.11. The Morgan fingerprint density at radius 3 is 2.65 bits per heavy atom. The summed E-state index contributed by atoms with van der Waals surface area (Å²) in [6.07, 6.45) is 6.48. The fraction of sp³-hybridized carbons (Fsp3) is 0.350. The molecule has 1 aromatic carbocycles. The van der Waals surface area contributed by atoms with Crippen LogP contribution >= 0.6 is 0 Å². The summed E-state index contributed by atoms with van der Waals surface area (Å²) in [6, 6.07) is 9.83. The zero-order chi connectivity index (χ0) is 18.3. The summed E-state index contributed by atoms with van der Waals surface area (Å²) >= 11 is 0. The molecule has 6 nitrogen and oxygen atoms in total. The number of nitrogens with one attached hydrogen (secondary N) is 1. The maximum absolute atomic E-state index is 12.7. The average molecular weight is 351 g/mol. The molecule has 4 atom stereocenters. The Bertz CT molecular complexity index is 886. The number of hydrogen-bond donors (Lipinski definition) is 2. The molecule has 4 rings (SSSR count). The number of allylic oxidation sites excluding steroid dienone is 2. The summed E-state index contributed by atoms with van der Waals surface area (Å²) in [6.45, 7) is 2.67. The molecule has 2 aliphatic carbocycles. The first-order chi connectivity index (χ1) is 12.5. The number of carboxylic acids is 1. The van der Waals surface area contributed by atoms with Gasteiger partial charge in [0.25, 0.3) is 0 Å². The molecule has 134 valence electrons. The number of fused-ring (bicyclic) bond motifs is 2. The lowest BCUT2D eigenvalue weighted by Gasteiger charge is -2.23. The SMILES string of the molecule is Cc1ccccc1Cn1ccc(NC(=O)C2C3C=CC(C3)C2C(=O)O)n1. The minimum Gasteiger partial charge on any atom is -0.481 e. The van der Waals surface area contributed by atoms with E-state index in [1.54, 1.807) is 10.7 Å². The zero-order valence-electron chi connectivity index (χ0n) is 14.5. The van der Waals surface area contributed by atoms with Gasteiger partial charge in [-0.05, 0) is 36.3 Å². The Labute approximate surface area is 151 Å². The second kappa shape index (κ2) is 6.44. The van der Waals surface area contributed by atoms with E-state index >= 15 is 0 Å². The van der Waals surface area contributed by atoms with E-state index in [0.717, 1.165) is 12.0 Å². The highest BCUT2D eigenvalue weighted by Crippen LogP contribution is 2.48. The van der Waals surface area contributed by atoms with Crippen molar-refractivity contribution in [2.75, 3.05) is 5.32 Å². The van der Waals surface area contributed by atoms with E-state index in [1.165, 1.54) is 5.56 Å². The van der Waals surface area contributed by atoms with Crippen LogP contribution in [-0.2, 0) is 16.1 Å². The van der Waals surface area contributed by atoms with Crippen LogP contribution in [-0.4, -0.2) is 26.8 Å². The lowest BCUT2D eigenvalue weighted by atomic mass is 9.82. The summed E-state index contributed by atoms with van der Waals surface area (Å²) < 4.78 is 1.77. The molecular weight excluding hydrogens is 330 g/mol. The third-order valence-electron chi connectivity index (χ3n) is 5.53. The van der Waals surface area contributed by atoms with Gasteiger partial charge in [-0.25, -0.2) is 0 Å². The summed E-state index contributed by atoms with van der Waals surface area (Å²) in [5, 5.41) is 16.7. The van der Waals surface area contributed by atoms with Crippen LogP contribution in [0.15, 0.2) is 48.7 Å². The smallest absolute Gasteiger partial charge is 0.307 e. The molecule has 2 aliphatic rings. The Hall–Kier alpha value is -2.89. The number of aromatic nitrogens is 2. The minimum absolute atomic E-state index is 0.00940. The van der Waals surface area contributed by atoms with Gasteiger partial charge in [-0.3, -0.25) is 14.3 Å². The monoisotopic (exact) mass is 351 g/mol. The molecule has 1 saturated carbocycles. The van der Waals surface area contributed by atoms with Crippen LogP contribution in [0.2, 0.25) is 0 Å². The quantitative estimate of drug-likeness (QED) is 0.811.